The molecular weight excluding hydrogens is 366 g/mol. The van der Waals surface area contributed by atoms with Crippen molar-refractivity contribution in [3.63, 3.8) is 0 Å². The number of nitrogens with one attached hydrogen (secondary N) is 2. The standard InChI is InChI=1S/C15H19Cl2FN2O2.ClH/c1-9(10-7-13(18)12(17)8-11(10)16)20-14(21)15(22-2)3-5-19-6-4-15;/h7-9,19H,3-6H2,1-2H3,(H,20,21);1H. The monoisotopic (exact) mass is 384 g/mol. The molecule has 0 radical (unpaired) electrons. The maximum Gasteiger partial charge on any atom is 0.252 e. The second-order valence-corrected chi connectivity index (χ2v) is 6.25. The summed E-state index contributed by atoms with van der Waals surface area (Å²) in [6, 6.07) is 2.14. The number of methoxy groups -OCH3 is 1. The number of hydrogen-bond donors (Lipinski definition) is 2. The summed E-state index contributed by atoms with van der Waals surface area (Å²) in [6.07, 6.45) is 1.18. The highest BCUT2D eigenvalue weighted by atomic mass is 35.5. The number of rotatable bonds is 4. The van der Waals surface area contributed by atoms with Crippen molar-refractivity contribution < 1.29 is 13.9 Å². The van der Waals surface area contributed by atoms with Crippen LogP contribution in [-0.2, 0) is 9.53 Å². The zero-order valence-electron chi connectivity index (χ0n) is 12.9. The van der Waals surface area contributed by atoms with Crippen molar-refractivity contribution in [2.75, 3.05) is 20.2 Å². The van der Waals surface area contributed by atoms with Crippen LogP contribution in [-0.4, -0.2) is 31.7 Å². The fraction of sp³-hybridized carbons (Fsp3) is 0.533. The smallest absolute Gasteiger partial charge is 0.252 e. The first kappa shape index (κ1) is 20.5. The van der Waals surface area contributed by atoms with E-state index in [1.807, 2.05) is 0 Å². The van der Waals surface area contributed by atoms with Crippen LogP contribution in [0.25, 0.3) is 0 Å². The largest absolute Gasteiger partial charge is 0.368 e. The number of benzene rings is 1. The van der Waals surface area contributed by atoms with Crippen LogP contribution in [0.2, 0.25) is 10.0 Å². The van der Waals surface area contributed by atoms with Crippen LogP contribution < -0.4 is 10.6 Å². The Morgan fingerprint density at radius 1 is 1.35 bits per heavy atom. The van der Waals surface area contributed by atoms with E-state index in [2.05, 4.69) is 10.6 Å². The van der Waals surface area contributed by atoms with E-state index in [-0.39, 0.29) is 23.3 Å². The lowest BCUT2D eigenvalue weighted by atomic mass is 9.90. The summed E-state index contributed by atoms with van der Waals surface area (Å²) >= 11 is 11.8. The number of hydrogen-bond acceptors (Lipinski definition) is 3. The summed E-state index contributed by atoms with van der Waals surface area (Å²) in [5.74, 6) is -0.777. The first-order valence-corrected chi connectivity index (χ1v) is 7.86. The molecule has 4 nitrogen and oxygen atoms in total. The van der Waals surface area contributed by atoms with Gasteiger partial charge in [-0.1, -0.05) is 23.2 Å². The molecule has 0 saturated carbocycles. The first-order valence-electron chi connectivity index (χ1n) is 7.11. The average Bonchev–Trinajstić information content (AvgIpc) is 2.51. The van der Waals surface area contributed by atoms with E-state index >= 15 is 0 Å². The molecule has 0 aliphatic carbocycles. The molecule has 1 amide bonds. The molecule has 0 spiro atoms. The third-order valence-corrected chi connectivity index (χ3v) is 4.69. The van der Waals surface area contributed by atoms with Gasteiger partial charge < -0.3 is 15.4 Å². The van der Waals surface area contributed by atoms with Crippen LogP contribution in [0.3, 0.4) is 0 Å². The predicted molar refractivity (Wildman–Crippen MR) is 92.1 cm³/mol. The fourth-order valence-electron chi connectivity index (χ4n) is 2.63. The van der Waals surface area contributed by atoms with E-state index in [0.29, 0.717) is 36.5 Å². The maximum atomic E-state index is 13.6. The van der Waals surface area contributed by atoms with Crippen LogP contribution in [0.5, 0.6) is 0 Å². The minimum absolute atomic E-state index is 0. The molecule has 2 N–H and O–H groups in total. The molecule has 1 heterocycles. The van der Waals surface area contributed by atoms with Gasteiger partial charge in [-0.15, -0.1) is 12.4 Å². The molecule has 1 atom stereocenters. The molecule has 0 bridgehead atoms. The molecule has 23 heavy (non-hydrogen) atoms. The third kappa shape index (κ3) is 4.48. The average molecular weight is 386 g/mol. The minimum Gasteiger partial charge on any atom is -0.368 e. The van der Waals surface area contributed by atoms with Gasteiger partial charge in [0.15, 0.2) is 0 Å². The SMILES string of the molecule is COC1(C(=O)NC(C)c2cc(F)c(Cl)cc2Cl)CCNCC1.Cl. The molecule has 1 aliphatic rings. The van der Waals surface area contributed by atoms with Crippen molar-refractivity contribution in [2.45, 2.75) is 31.4 Å². The van der Waals surface area contributed by atoms with Crippen molar-refractivity contribution in [2.24, 2.45) is 0 Å². The molecule has 1 aromatic rings. The zero-order valence-corrected chi connectivity index (χ0v) is 15.2. The van der Waals surface area contributed by atoms with Crippen LogP contribution in [0.1, 0.15) is 31.4 Å². The van der Waals surface area contributed by atoms with Crippen LogP contribution in [0, 0.1) is 5.82 Å². The van der Waals surface area contributed by atoms with Crippen molar-refractivity contribution in [1.82, 2.24) is 10.6 Å². The molecule has 1 aromatic carbocycles. The molecule has 1 fully saturated rings. The predicted octanol–water partition coefficient (Wildman–Crippen LogP) is 3.50. The minimum atomic E-state index is -0.850. The summed E-state index contributed by atoms with van der Waals surface area (Å²) in [4.78, 5) is 12.6. The van der Waals surface area contributed by atoms with E-state index in [1.54, 1.807) is 6.92 Å². The van der Waals surface area contributed by atoms with Gasteiger partial charge in [0.1, 0.15) is 11.4 Å². The van der Waals surface area contributed by atoms with Crippen molar-refractivity contribution >= 4 is 41.5 Å². The Bertz CT molecular complexity index is 566. The van der Waals surface area contributed by atoms with Gasteiger partial charge in [0.2, 0.25) is 0 Å². The van der Waals surface area contributed by atoms with Gasteiger partial charge in [0.05, 0.1) is 11.1 Å². The topological polar surface area (TPSA) is 50.4 Å². The van der Waals surface area contributed by atoms with Gasteiger partial charge in [0, 0.05) is 12.1 Å². The summed E-state index contributed by atoms with van der Waals surface area (Å²) < 4.78 is 19.1. The Hall–Kier alpha value is -0.590. The van der Waals surface area contributed by atoms with E-state index in [0.717, 1.165) is 0 Å². The maximum absolute atomic E-state index is 13.6. The molecule has 1 aliphatic heterocycles. The molecule has 2 rings (SSSR count). The summed E-state index contributed by atoms with van der Waals surface area (Å²) in [6.45, 7) is 3.18. The fourth-order valence-corrected chi connectivity index (χ4v) is 3.18. The van der Waals surface area contributed by atoms with E-state index in [4.69, 9.17) is 27.9 Å². The second kappa shape index (κ2) is 8.49. The van der Waals surface area contributed by atoms with E-state index in [9.17, 15) is 9.18 Å². The molecular formula is C15H20Cl3FN2O2. The summed E-state index contributed by atoms with van der Waals surface area (Å²) in [7, 11) is 1.53. The Labute approximate surface area is 151 Å². The number of carbonyl (C=O) groups excluding carboxylic acids is 1. The lowest BCUT2D eigenvalue weighted by Gasteiger charge is -2.35. The Morgan fingerprint density at radius 3 is 2.52 bits per heavy atom. The van der Waals surface area contributed by atoms with Crippen LogP contribution >= 0.6 is 35.6 Å². The van der Waals surface area contributed by atoms with Gasteiger partial charge >= 0.3 is 0 Å². The van der Waals surface area contributed by atoms with Crippen LogP contribution in [0.15, 0.2) is 12.1 Å². The van der Waals surface area contributed by atoms with Crippen molar-refractivity contribution in [3.8, 4) is 0 Å². The highest BCUT2D eigenvalue weighted by molar-refractivity contribution is 6.35. The molecule has 1 saturated heterocycles. The van der Waals surface area contributed by atoms with Gasteiger partial charge in [-0.3, -0.25) is 4.79 Å². The van der Waals surface area contributed by atoms with Gasteiger partial charge in [-0.05, 0) is 50.6 Å². The Balaban J connectivity index is 0.00000264. The highest BCUT2D eigenvalue weighted by Crippen LogP contribution is 2.30. The number of amides is 1. The molecule has 1 unspecified atom stereocenters. The van der Waals surface area contributed by atoms with Crippen molar-refractivity contribution in [3.05, 3.63) is 33.6 Å². The third-order valence-electron chi connectivity index (χ3n) is 4.07. The molecule has 8 heteroatoms. The summed E-state index contributed by atoms with van der Waals surface area (Å²) in [5, 5.41) is 6.32. The van der Waals surface area contributed by atoms with Gasteiger partial charge in [-0.25, -0.2) is 4.39 Å². The number of halogens is 4. The van der Waals surface area contributed by atoms with Gasteiger partial charge in [0.25, 0.3) is 5.91 Å². The summed E-state index contributed by atoms with van der Waals surface area (Å²) in [5.41, 5.74) is -0.367. The van der Waals surface area contributed by atoms with Gasteiger partial charge in [-0.2, -0.15) is 0 Å². The highest BCUT2D eigenvalue weighted by Gasteiger charge is 2.40. The van der Waals surface area contributed by atoms with Crippen molar-refractivity contribution in [1.29, 1.82) is 0 Å². The first-order chi connectivity index (χ1) is 10.4. The lowest BCUT2D eigenvalue weighted by molar-refractivity contribution is -0.147. The number of piperidine rings is 1. The normalized spacial score (nSPS) is 18.0. The number of ether oxygens (including phenoxy) is 1. The number of carbonyl (C=O) groups is 1. The van der Waals surface area contributed by atoms with E-state index in [1.165, 1.54) is 19.2 Å². The zero-order chi connectivity index (χ0) is 16.3. The quantitative estimate of drug-likeness (QED) is 0.780. The molecule has 130 valence electrons. The van der Waals surface area contributed by atoms with Crippen LogP contribution in [0.4, 0.5) is 4.39 Å². The second-order valence-electron chi connectivity index (χ2n) is 5.43. The molecule has 0 aromatic heterocycles. The Morgan fingerprint density at radius 2 is 1.96 bits per heavy atom. The lowest BCUT2D eigenvalue weighted by Crippen LogP contribution is -2.54. The Kier molecular flexibility index (Phi) is 7.55. The van der Waals surface area contributed by atoms with E-state index < -0.39 is 17.5 Å².